The summed E-state index contributed by atoms with van der Waals surface area (Å²) in [6.07, 6.45) is 1.18. The average molecular weight is 407 g/mol. The number of nitrogens with zero attached hydrogens (tertiary/aromatic N) is 1. The number of primary amides is 1. The summed E-state index contributed by atoms with van der Waals surface area (Å²) in [5, 5.41) is 5.91. The van der Waals surface area contributed by atoms with Gasteiger partial charge in [0.1, 0.15) is 19.5 Å². The number of hydrogen-bond acceptors (Lipinski definition) is 5. The van der Waals surface area contributed by atoms with Crippen LogP contribution in [0.3, 0.4) is 0 Å². The topological polar surface area (TPSA) is 73.9 Å². The average Bonchev–Trinajstić information content (AvgIpc) is 3.35. The van der Waals surface area contributed by atoms with Crippen LogP contribution in [0.1, 0.15) is 39.8 Å². The molecule has 3 aromatic rings. The van der Waals surface area contributed by atoms with Crippen LogP contribution in [0, 0.1) is 0 Å². The smallest absolute Gasteiger partial charge is 0.271 e. The predicted octanol–water partition coefficient (Wildman–Crippen LogP) is 4.43. The number of oxime groups is 1. The lowest BCUT2D eigenvalue weighted by molar-refractivity contribution is -0.112. The number of nitrogens with two attached hydrogens (primary N) is 1. The standard InChI is InChI=1S/C23H22N2O3S/c1-27-25-22(23(24)26)18-9-3-2-6-16(18)14-28-17-8-4-7-15(12-17)19-13-20(19)21-10-5-11-29-21/h2-12,19-20H,13-14H2,1H3,(H2,24,26). The summed E-state index contributed by atoms with van der Waals surface area (Å²) in [5.41, 5.74) is 8.26. The van der Waals surface area contributed by atoms with Gasteiger partial charge in [-0.2, -0.15) is 0 Å². The van der Waals surface area contributed by atoms with Gasteiger partial charge in [0.15, 0.2) is 5.71 Å². The van der Waals surface area contributed by atoms with Crippen LogP contribution in [-0.2, 0) is 16.2 Å². The van der Waals surface area contributed by atoms with Crippen molar-refractivity contribution in [1.82, 2.24) is 0 Å². The summed E-state index contributed by atoms with van der Waals surface area (Å²) in [6, 6.07) is 20.0. The molecule has 1 fully saturated rings. The van der Waals surface area contributed by atoms with Gasteiger partial charge in [-0.15, -0.1) is 11.3 Å². The molecule has 5 nitrogen and oxygen atoms in total. The second-order valence-electron chi connectivity index (χ2n) is 6.97. The first kappa shape index (κ1) is 19.2. The van der Waals surface area contributed by atoms with Gasteiger partial charge in [0.25, 0.3) is 5.91 Å². The molecule has 1 aliphatic carbocycles. The van der Waals surface area contributed by atoms with E-state index in [9.17, 15) is 4.79 Å². The van der Waals surface area contributed by atoms with E-state index in [4.69, 9.17) is 15.3 Å². The third-order valence-corrected chi connectivity index (χ3v) is 6.07. The fourth-order valence-corrected chi connectivity index (χ4v) is 4.48. The van der Waals surface area contributed by atoms with Crippen molar-refractivity contribution in [1.29, 1.82) is 0 Å². The highest BCUT2D eigenvalue weighted by Gasteiger charge is 2.40. The van der Waals surface area contributed by atoms with E-state index >= 15 is 0 Å². The largest absolute Gasteiger partial charge is 0.489 e. The molecule has 1 heterocycles. The van der Waals surface area contributed by atoms with Gasteiger partial charge >= 0.3 is 0 Å². The molecule has 0 bridgehead atoms. The highest BCUT2D eigenvalue weighted by atomic mass is 32.1. The molecule has 0 radical (unpaired) electrons. The molecule has 1 amide bonds. The number of carbonyl (C=O) groups excluding carboxylic acids is 1. The van der Waals surface area contributed by atoms with Crippen LogP contribution in [0.25, 0.3) is 0 Å². The molecule has 2 atom stereocenters. The zero-order valence-electron chi connectivity index (χ0n) is 16.1. The van der Waals surface area contributed by atoms with Crippen LogP contribution in [-0.4, -0.2) is 18.7 Å². The van der Waals surface area contributed by atoms with Crippen molar-refractivity contribution in [3.63, 3.8) is 0 Å². The lowest BCUT2D eigenvalue weighted by atomic mass is 10.0. The Labute approximate surface area is 173 Å². The molecule has 2 unspecified atom stereocenters. The highest BCUT2D eigenvalue weighted by Crippen LogP contribution is 2.56. The van der Waals surface area contributed by atoms with Crippen molar-refractivity contribution >= 4 is 23.0 Å². The number of ether oxygens (including phenoxy) is 1. The second-order valence-corrected chi connectivity index (χ2v) is 7.95. The molecule has 1 aliphatic rings. The quantitative estimate of drug-likeness (QED) is 0.444. The van der Waals surface area contributed by atoms with Gasteiger partial charge in [-0.1, -0.05) is 47.6 Å². The SMILES string of the molecule is CON=C(C(N)=O)c1ccccc1COc1cccc(C2CC2c2cccs2)c1. The van der Waals surface area contributed by atoms with E-state index in [1.54, 1.807) is 6.07 Å². The summed E-state index contributed by atoms with van der Waals surface area (Å²) in [4.78, 5) is 18.0. The zero-order valence-corrected chi connectivity index (χ0v) is 16.9. The van der Waals surface area contributed by atoms with E-state index in [0.29, 0.717) is 24.0 Å². The van der Waals surface area contributed by atoms with Crippen LogP contribution in [0.4, 0.5) is 0 Å². The Morgan fingerprint density at radius 2 is 2.00 bits per heavy atom. The number of hydrogen-bond donors (Lipinski definition) is 1. The lowest BCUT2D eigenvalue weighted by Gasteiger charge is -2.12. The van der Waals surface area contributed by atoms with Crippen LogP contribution in [0.15, 0.2) is 71.2 Å². The maximum atomic E-state index is 11.7. The van der Waals surface area contributed by atoms with Crippen molar-refractivity contribution in [3.8, 4) is 5.75 Å². The number of carbonyl (C=O) groups is 1. The molecule has 4 rings (SSSR count). The Hall–Kier alpha value is -3.12. The molecule has 0 spiro atoms. The van der Waals surface area contributed by atoms with Crippen LogP contribution < -0.4 is 10.5 Å². The van der Waals surface area contributed by atoms with Crippen molar-refractivity contribution in [3.05, 3.63) is 87.6 Å². The Kier molecular flexibility index (Phi) is 5.62. The molecule has 0 saturated heterocycles. The molecule has 29 heavy (non-hydrogen) atoms. The molecule has 2 N–H and O–H groups in total. The fraction of sp³-hybridized carbons (Fsp3) is 0.217. The van der Waals surface area contributed by atoms with E-state index in [2.05, 4.69) is 34.8 Å². The third-order valence-electron chi connectivity index (χ3n) is 5.07. The van der Waals surface area contributed by atoms with Gasteiger partial charge in [0.05, 0.1) is 0 Å². The predicted molar refractivity (Wildman–Crippen MR) is 114 cm³/mol. The summed E-state index contributed by atoms with van der Waals surface area (Å²) in [6.45, 7) is 0.300. The Balaban J connectivity index is 1.48. The van der Waals surface area contributed by atoms with Gasteiger partial charge in [-0.05, 0) is 47.0 Å². The molecule has 0 aliphatic heterocycles. The van der Waals surface area contributed by atoms with Crippen molar-refractivity contribution < 1.29 is 14.4 Å². The van der Waals surface area contributed by atoms with Gasteiger partial charge in [-0.25, -0.2) is 0 Å². The molecule has 2 aromatic carbocycles. The zero-order chi connectivity index (χ0) is 20.2. The van der Waals surface area contributed by atoms with Gasteiger partial charge < -0.3 is 15.3 Å². The van der Waals surface area contributed by atoms with Crippen molar-refractivity contribution in [2.24, 2.45) is 10.9 Å². The molecule has 148 valence electrons. The second kappa shape index (κ2) is 8.49. The number of benzene rings is 2. The first-order chi connectivity index (χ1) is 14.2. The fourth-order valence-electron chi connectivity index (χ4n) is 3.57. The van der Waals surface area contributed by atoms with Crippen molar-refractivity contribution in [2.45, 2.75) is 24.9 Å². The van der Waals surface area contributed by atoms with E-state index in [-0.39, 0.29) is 5.71 Å². The van der Waals surface area contributed by atoms with Crippen LogP contribution in [0.5, 0.6) is 5.75 Å². The molecular formula is C23H22N2O3S. The first-order valence-electron chi connectivity index (χ1n) is 9.42. The third kappa shape index (κ3) is 4.32. The minimum Gasteiger partial charge on any atom is -0.489 e. The minimum absolute atomic E-state index is 0.0808. The number of thiophene rings is 1. The summed E-state index contributed by atoms with van der Waals surface area (Å²) in [5.74, 6) is 1.34. The van der Waals surface area contributed by atoms with Gasteiger partial charge in [0, 0.05) is 16.4 Å². The molecule has 1 aromatic heterocycles. The van der Waals surface area contributed by atoms with Gasteiger partial charge in [0.2, 0.25) is 0 Å². The number of amides is 1. The van der Waals surface area contributed by atoms with E-state index in [1.165, 1.54) is 24.0 Å². The maximum absolute atomic E-state index is 11.7. The summed E-state index contributed by atoms with van der Waals surface area (Å²) < 4.78 is 6.04. The number of rotatable bonds is 8. The minimum atomic E-state index is -0.644. The first-order valence-corrected chi connectivity index (χ1v) is 10.3. The van der Waals surface area contributed by atoms with E-state index < -0.39 is 5.91 Å². The summed E-state index contributed by atoms with van der Waals surface area (Å²) in [7, 11) is 1.38. The lowest BCUT2D eigenvalue weighted by Crippen LogP contribution is -2.25. The van der Waals surface area contributed by atoms with Gasteiger partial charge in [-0.3, -0.25) is 4.79 Å². The molecule has 6 heteroatoms. The van der Waals surface area contributed by atoms with Crippen molar-refractivity contribution in [2.75, 3.05) is 7.11 Å². The summed E-state index contributed by atoms with van der Waals surface area (Å²) >= 11 is 1.82. The van der Waals surface area contributed by atoms with E-state index in [1.807, 2.05) is 41.7 Å². The molecular weight excluding hydrogens is 384 g/mol. The Morgan fingerprint density at radius 3 is 2.76 bits per heavy atom. The highest BCUT2D eigenvalue weighted by molar-refractivity contribution is 7.10. The van der Waals surface area contributed by atoms with Crippen LogP contribution >= 0.6 is 11.3 Å². The Morgan fingerprint density at radius 1 is 1.14 bits per heavy atom. The Bertz CT molecular complexity index is 1030. The molecule has 1 saturated carbocycles. The monoisotopic (exact) mass is 406 g/mol. The maximum Gasteiger partial charge on any atom is 0.271 e. The van der Waals surface area contributed by atoms with E-state index in [0.717, 1.165) is 11.3 Å². The van der Waals surface area contributed by atoms with Crippen LogP contribution in [0.2, 0.25) is 0 Å². The normalized spacial score (nSPS) is 18.3.